The molecule has 3 nitrogen and oxygen atoms in total. The van der Waals surface area contributed by atoms with E-state index in [4.69, 9.17) is 4.74 Å². The molecule has 0 saturated heterocycles. The van der Waals surface area contributed by atoms with Crippen molar-refractivity contribution in [2.75, 3.05) is 0 Å². The third-order valence-electron chi connectivity index (χ3n) is 3.06. The van der Waals surface area contributed by atoms with Crippen LogP contribution in [-0.2, 0) is 4.74 Å². The maximum Gasteiger partial charge on any atom is 0.407 e. The van der Waals surface area contributed by atoms with Crippen LogP contribution in [0.25, 0.3) is 0 Å². The van der Waals surface area contributed by atoms with Crippen molar-refractivity contribution in [2.45, 2.75) is 70.9 Å². The lowest BCUT2D eigenvalue weighted by atomic mass is 9.85. The number of hydrogen-bond donors (Lipinski definition) is 1. The van der Waals surface area contributed by atoms with Crippen LogP contribution in [0.4, 0.5) is 4.79 Å². The first-order valence-corrected chi connectivity index (χ1v) is 6.69. The van der Waals surface area contributed by atoms with Gasteiger partial charge in [-0.3, -0.25) is 0 Å². The lowest BCUT2D eigenvalue weighted by Crippen LogP contribution is -2.38. The maximum atomic E-state index is 11.5. The van der Waals surface area contributed by atoms with Crippen LogP contribution in [0.1, 0.15) is 59.3 Å². The second kappa shape index (κ2) is 6.27. The Labute approximate surface area is 105 Å². The molecule has 0 aromatic rings. The molecular formula is C14H26NO2. The molecule has 17 heavy (non-hydrogen) atoms. The number of carbonyl (C=O) groups excluding carboxylic acids is 1. The molecule has 1 fully saturated rings. The maximum absolute atomic E-state index is 11.5. The Balaban J connectivity index is 2.23. The van der Waals surface area contributed by atoms with Gasteiger partial charge in [-0.25, -0.2) is 4.79 Å². The first-order valence-electron chi connectivity index (χ1n) is 6.69. The van der Waals surface area contributed by atoms with Crippen molar-refractivity contribution in [3.63, 3.8) is 0 Å². The van der Waals surface area contributed by atoms with E-state index in [9.17, 15) is 4.79 Å². The van der Waals surface area contributed by atoms with Crippen molar-refractivity contribution in [1.29, 1.82) is 0 Å². The zero-order valence-corrected chi connectivity index (χ0v) is 11.4. The summed E-state index contributed by atoms with van der Waals surface area (Å²) in [4.78, 5) is 11.5. The molecule has 0 aromatic heterocycles. The predicted octanol–water partition coefficient (Wildman–Crippen LogP) is 3.68. The van der Waals surface area contributed by atoms with Crippen molar-refractivity contribution in [3.05, 3.63) is 6.92 Å². The number of nitrogens with one attached hydrogen (secondary N) is 1. The van der Waals surface area contributed by atoms with Crippen LogP contribution < -0.4 is 5.32 Å². The molecule has 0 aliphatic heterocycles. The molecule has 1 saturated carbocycles. The van der Waals surface area contributed by atoms with Gasteiger partial charge in [-0.2, -0.15) is 0 Å². The Bertz CT molecular complexity index is 239. The van der Waals surface area contributed by atoms with Crippen LogP contribution in [0.15, 0.2) is 0 Å². The van der Waals surface area contributed by atoms with Gasteiger partial charge in [-0.15, -0.1) is 0 Å². The van der Waals surface area contributed by atoms with E-state index in [0.29, 0.717) is 0 Å². The Morgan fingerprint density at radius 1 is 1.35 bits per heavy atom. The van der Waals surface area contributed by atoms with E-state index in [-0.39, 0.29) is 12.1 Å². The minimum atomic E-state index is -0.436. The molecular weight excluding hydrogens is 214 g/mol. The third kappa shape index (κ3) is 6.54. The Hall–Kier alpha value is -0.730. The summed E-state index contributed by atoms with van der Waals surface area (Å²) < 4.78 is 5.21. The summed E-state index contributed by atoms with van der Waals surface area (Å²) in [6.07, 6.45) is 7.18. The van der Waals surface area contributed by atoms with Crippen molar-refractivity contribution in [1.82, 2.24) is 5.32 Å². The fraction of sp³-hybridized carbons (Fsp3) is 0.857. The van der Waals surface area contributed by atoms with Crippen molar-refractivity contribution >= 4 is 6.09 Å². The molecule has 0 bridgehead atoms. The van der Waals surface area contributed by atoms with E-state index < -0.39 is 5.60 Å². The molecule has 0 spiro atoms. The molecule has 0 unspecified atom stereocenters. The lowest BCUT2D eigenvalue weighted by Gasteiger charge is -2.26. The largest absolute Gasteiger partial charge is 0.444 e. The minimum absolute atomic E-state index is 0.0343. The smallest absolute Gasteiger partial charge is 0.407 e. The Morgan fingerprint density at radius 3 is 2.47 bits per heavy atom. The summed E-state index contributed by atoms with van der Waals surface area (Å²) in [6, 6.07) is -0.0343. The van der Waals surface area contributed by atoms with Crippen molar-refractivity contribution < 1.29 is 9.53 Å². The highest BCUT2D eigenvalue weighted by Gasteiger charge is 2.20. The van der Waals surface area contributed by atoms with Crippen LogP contribution in [0.3, 0.4) is 0 Å². The van der Waals surface area contributed by atoms with Crippen LogP contribution in [0, 0.1) is 12.8 Å². The quantitative estimate of drug-likeness (QED) is 0.817. The van der Waals surface area contributed by atoms with Gasteiger partial charge >= 0.3 is 6.09 Å². The number of amides is 1. The van der Waals surface area contributed by atoms with Gasteiger partial charge < -0.3 is 10.1 Å². The SMILES string of the molecule is [CH2][C@@H](CC1CCCCC1)NC(=O)OC(C)(C)C. The fourth-order valence-corrected chi connectivity index (χ4v) is 2.36. The van der Waals surface area contributed by atoms with Gasteiger partial charge in [0.15, 0.2) is 0 Å². The summed E-state index contributed by atoms with van der Waals surface area (Å²) in [5.41, 5.74) is -0.436. The van der Waals surface area contributed by atoms with Gasteiger partial charge in [0.05, 0.1) is 0 Å². The standard InChI is InChI=1S/C14H26NO2/c1-11(10-12-8-6-5-7-9-12)15-13(16)17-14(2,3)4/h11-12H,1,5-10H2,2-4H3,(H,15,16)/t11-/m0/s1. The summed E-state index contributed by atoms with van der Waals surface area (Å²) in [5, 5.41) is 2.81. The molecule has 0 aromatic carbocycles. The van der Waals surface area contributed by atoms with Gasteiger partial charge in [-0.05, 0) is 40.0 Å². The normalized spacial score (nSPS) is 19.8. The summed E-state index contributed by atoms with van der Waals surface area (Å²) >= 11 is 0. The average Bonchev–Trinajstić information content (AvgIpc) is 2.15. The lowest BCUT2D eigenvalue weighted by molar-refractivity contribution is 0.0507. The topological polar surface area (TPSA) is 38.3 Å². The van der Waals surface area contributed by atoms with Gasteiger partial charge in [0, 0.05) is 6.04 Å². The average molecular weight is 240 g/mol. The molecule has 3 heteroatoms. The number of alkyl carbamates (subject to hydrolysis) is 1. The zero-order valence-electron chi connectivity index (χ0n) is 11.4. The molecule has 1 N–H and O–H groups in total. The zero-order chi connectivity index (χ0) is 12.9. The van der Waals surface area contributed by atoms with E-state index >= 15 is 0 Å². The predicted molar refractivity (Wildman–Crippen MR) is 69.7 cm³/mol. The van der Waals surface area contributed by atoms with Crippen molar-refractivity contribution in [3.8, 4) is 0 Å². The molecule has 99 valence electrons. The van der Waals surface area contributed by atoms with Gasteiger partial charge in [0.1, 0.15) is 5.60 Å². The van der Waals surface area contributed by atoms with E-state index in [1.807, 2.05) is 20.8 Å². The molecule has 1 atom stereocenters. The molecule has 0 heterocycles. The molecule has 1 amide bonds. The van der Waals surface area contributed by atoms with Crippen LogP contribution in [0.2, 0.25) is 0 Å². The molecule has 1 radical (unpaired) electrons. The van der Waals surface area contributed by atoms with Crippen LogP contribution in [-0.4, -0.2) is 17.7 Å². The summed E-state index contributed by atoms with van der Waals surface area (Å²) in [7, 11) is 0. The van der Waals surface area contributed by atoms with Gasteiger partial charge in [-0.1, -0.05) is 32.1 Å². The highest BCUT2D eigenvalue weighted by molar-refractivity contribution is 5.68. The number of hydrogen-bond acceptors (Lipinski definition) is 2. The minimum Gasteiger partial charge on any atom is -0.444 e. The van der Waals surface area contributed by atoms with Gasteiger partial charge in [0.2, 0.25) is 0 Å². The second-order valence-corrected chi connectivity index (χ2v) is 6.08. The summed E-state index contributed by atoms with van der Waals surface area (Å²) in [5.74, 6) is 0.723. The molecule has 1 aliphatic rings. The van der Waals surface area contributed by atoms with Crippen molar-refractivity contribution in [2.24, 2.45) is 5.92 Å². The monoisotopic (exact) mass is 240 g/mol. The third-order valence-corrected chi connectivity index (χ3v) is 3.06. The van der Waals surface area contributed by atoms with Crippen LogP contribution in [0.5, 0.6) is 0 Å². The second-order valence-electron chi connectivity index (χ2n) is 6.08. The van der Waals surface area contributed by atoms with Crippen LogP contribution >= 0.6 is 0 Å². The first-order chi connectivity index (χ1) is 7.87. The van der Waals surface area contributed by atoms with E-state index in [0.717, 1.165) is 12.3 Å². The van der Waals surface area contributed by atoms with E-state index in [1.165, 1.54) is 32.1 Å². The van der Waals surface area contributed by atoms with Gasteiger partial charge in [0.25, 0.3) is 0 Å². The highest BCUT2D eigenvalue weighted by atomic mass is 16.6. The first kappa shape index (κ1) is 14.3. The molecule has 1 aliphatic carbocycles. The Morgan fingerprint density at radius 2 is 1.94 bits per heavy atom. The number of rotatable bonds is 3. The fourth-order valence-electron chi connectivity index (χ4n) is 2.36. The summed E-state index contributed by atoms with van der Waals surface area (Å²) in [6.45, 7) is 9.59. The number of carbonyl (C=O) groups is 1. The Kier molecular flexibility index (Phi) is 5.29. The van der Waals surface area contributed by atoms with E-state index in [2.05, 4.69) is 12.2 Å². The molecule has 1 rings (SSSR count). The van der Waals surface area contributed by atoms with E-state index in [1.54, 1.807) is 0 Å². The highest BCUT2D eigenvalue weighted by Crippen LogP contribution is 2.27. The number of ether oxygens (including phenoxy) is 1.